The second-order valence-corrected chi connectivity index (χ2v) is 6.11. The lowest BCUT2D eigenvalue weighted by molar-refractivity contribution is -0.123. The first-order valence-corrected chi connectivity index (χ1v) is 7.91. The molecule has 1 unspecified atom stereocenters. The topological polar surface area (TPSA) is 58.4 Å². The van der Waals surface area contributed by atoms with Gasteiger partial charge in [0.25, 0.3) is 0 Å². The maximum atomic E-state index is 12.5. The molecule has 1 aromatic rings. The number of halogens is 1. The molecule has 5 heteroatoms. The van der Waals surface area contributed by atoms with Crippen molar-refractivity contribution in [3.63, 3.8) is 0 Å². The van der Waals surface area contributed by atoms with Gasteiger partial charge in [0, 0.05) is 31.7 Å². The Kier molecular flexibility index (Phi) is 7.87. The van der Waals surface area contributed by atoms with Gasteiger partial charge < -0.3 is 16.0 Å². The zero-order valence-electron chi connectivity index (χ0n) is 13.5. The van der Waals surface area contributed by atoms with Crippen LogP contribution in [0.2, 0.25) is 0 Å². The fraction of sp³-hybridized carbons (Fsp3) is 0.588. The molecule has 0 spiro atoms. The van der Waals surface area contributed by atoms with Crippen LogP contribution in [0.15, 0.2) is 30.3 Å². The smallest absolute Gasteiger partial charge is 0.229 e. The number of likely N-dealkylation sites (tertiary alicyclic amines) is 1. The average molecular weight is 326 g/mol. The van der Waals surface area contributed by atoms with E-state index in [1.165, 1.54) is 0 Å². The number of nitrogens with zero attached hydrogens (tertiary/aromatic N) is 1. The van der Waals surface area contributed by atoms with E-state index < -0.39 is 0 Å². The molecule has 1 aliphatic rings. The van der Waals surface area contributed by atoms with Crippen molar-refractivity contribution in [1.82, 2.24) is 10.2 Å². The minimum atomic E-state index is -0.241. The number of nitrogens with one attached hydrogen (secondary N) is 1. The number of amides is 1. The molecule has 1 saturated heterocycles. The number of carbonyl (C=O) groups is 1. The predicted octanol–water partition coefficient (Wildman–Crippen LogP) is 2.14. The number of nitrogens with two attached hydrogens (primary N) is 1. The van der Waals surface area contributed by atoms with Gasteiger partial charge in [-0.05, 0) is 32.3 Å². The number of rotatable bonds is 5. The van der Waals surface area contributed by atoms with Crippen LogP contribution in [0, 0.1) is 0 Å². The molecule has 22 heavy (non-hydrogen) atoms. The van der Waals surface area contributed by atoms with Gasteiger partial charge in [-0.1, -0.05) is 30.3 Å². The zero-order valence-corrected chi connectivity index (χ0v) is 14.3. The lowest BCUT2D eigenvalue weighted by Crippen LogP contribution is -2.48. The Hall–Kier alpha value is -1.10. The largest absolute Gasteiger partial charge is 0.353 e. The SMILES string of the molecule is CC(C)N1CCC(NC(=O)C(CN)c2ccccc2)CC1.Cl. The summed E-state index contributed by atoms with van der Waals surface area (Å²) < 4.78 is 0. The molecule has 0 saturated carbocycles. The molecule has 0 aliphatic carbocycles. The summed E-state index contributed by atoms with van der Waals surface area (Å²) in [6, 6.07) is 10.7. The summed E-state index contributed by atoms with van der Waals surface area (Å²) >= 11 is 0. The van der Waals surface area contributed by atoms with Crippen LogP contribution in [0.4, 0.5) is 0 Å². The molecule has 0 radical (unpaired) electrons. The van der Waals surface area contributed by atoms with Gasteiger partial charge in [-0.2, -0.15) is 0 Å². The number of hydrogen-bond acceptors (Lipinski definition) is 3. The van der Waals surface area contributed by atoms with Crippen molar-refractivity contribution < 1.29 is 4.79 Å². The van der Waals surface area contributed by atoms with Crippen LogP contribution < -0.4 is 11.1 Å². The molecule has 1 fully saturated rings. The first-order valence-electron chi connectivity index (χ1n) is 7.91. The number of carbonyl (C=O) groups excluding carboxylic acids is 1. The lowest BCUT2D eigenvalue weighted by Gasteiger charge is -2.35. The summed E-state index contributed by atoms with van der Waals surface area (Å²) in [5.74, 6) is -0.180. The normalized spacial score (nSPS) is 17.8. The van der Waals surface area contributed by atoms with E-state index in [1.54, 1.807) is 0 Å². The van der Waals surface area contributed by atoms with Crippen LogP contribution in [-0.2, 0) is 4.79 Å². The van der Waals surface area contributed by atoms with Crippen molar-refractivity contribution in [2.75, 3.05) is 19.6 Å². The maximum absolute atomic E-state index is 12.5. The Morgan fingerprint density at radius 1 is 1.27 bits per heavy atom. The van der Waals surface area contributed by atoms with Crippen molar-refractivity contribution in [2.45, 2.75) is 44.7 Å². The van der Waals surface area contributed by atoms with Crippen molar-refractivity contribution in [3.8, 4) is 0 Å². The third kappa shape index (κ3) is 4.97. The van der Waals surface area contributed by atoms with E-state index in [2.05, 4.69) is 24.1 Å². The Bertz CT molecular complexity index is 444. The van der Waals surface area contributed by atoms with Gasteiger partial charge in [0.15, 0.2) is 0 Å². The van der Waals surface area contributed by atoms with Crippen LogP contribution in [0.5, 0.6) is 0 Å². The standard InChI is InChI=1S/C17H27N3O.ClH/c1-13(2)20-10-8-15(9-11-20)19-17(21)16(12-18)14-6-4-3-5-7-14;/h3-7,13,15-16H,8-12,18H2,1-2H3,(H,19,21);1H. The van der Waals surface area contributed by atoms with E-state index >= 15 is 0 Å². The van der Waals surface area contributed by atoms with Crippen LogP contribution in [0.25, 0.3) is 0 Å². The van der Waals surface area contributed by atoms with Gasteiger partial charge in [-0.3, -0.25) is 4.79 Å². The fourth-order valence-corrected chi connectivity index (χ4v) is 2.94. The Morgan fingerprint density at radius 2 is 1.86 bits per heavy atom. The average Bonchev–Trinajstić information content (AvgIpc) is 2.49. The highest BCUT2D eigenvalue weighted by Gasteiger charge is 2.25. The van der Waals surface area contributed by atoms with Gasteiger partial charge in [0.2, 0.25) is 5.91 Å². The molecule has 0 aromatic heterocycles. The van der Waals surface area contributed by atoms with Crippen LogP contribution >= 0.6 is 12.4 Å². The third-order valence-corrected chi connectivity index (χ3v) is 4.36. The summed E-state index contributed by atoms with van der Waals surface area (Å²) in [4.78, 5) is 14.9. The van der Waals surface area contributed by atoms with Gasteiger partial charge in [-0.15, -0.1) is 12.4 Å². The molecule has 0 bridgehead atoms. The zero-order chi connectivity index (χ0) is 15.2. The monoisotopic (exact) mass is 325 g/mol. The number of hydrogen-bond donors (Lipinski definition) is 2. The lowest BCUT2D eigenvalue weighted by atomic mass is 9.96. The minimum absolute atomic E-state index is 0. The van der Waals surface area contributed by atoms with Crippen molar-refractivity contribution in [3.05, 3.63) is 35.9 Å². The molecular formula is C17H28ClN3O. The van der Waals surface area contributed by atoms with Crippen LogP contribution in [0.3, 0.4) is 0 Å². The number of benzene rings is 1. The molecule has 4 nitrogen and oxygen atoms in total. The van der Waals surface area contributed by atoms with Gasteiger partial charge in [0.05, 0.1) is 5.92 Å². The van der Waals surface area contributed by atoms with E-state index in [1.807, 2.05) is 30.3 Å². The summed E-state index contributed by atoms with van der Waals surface area (Å²) in [7, 11) is 0. The second kappa shape index (κ2) is 9.13. The van der Waals surface area contributed by atoms with Crippen LogP contribution in [0.1, 0.15) is 38.2 Å². The Balaban J connectivity index is 0.00000242. The second-order valence-electron chi connectivity index (χ2n) is 6.11. The molecule has 3 N–H and O–H groups in total. The van der Waals surface area contributed by atoms with Crippen molar-refractivity contribution in [2.24, 2.45) is 5.73 Å². The summed E-state index contributed by atoms with van der Waals surface area (Å²) in [5.41, 5.74) is 6.80. The molecule has 2 rings (SSSR count). The molecule has 1 heterocycles. The highest BCUT2D eigenvalue weighted by atomic mass is 35.5. The quantitative estimate of drug-likeness (QED) is 0.872. The van der Waals surface area contributed by atoms with E-state index in [0.717, 1.165) is 31.5 Å². The summed E-state index contributed by atoms with van der Waals surface area (Å²) in [5, 5.41) is 3.18. The molecule has 1 aromatic carbocycles. The van der Waals surface area contributed by atoms with Gasteiger partial charge in [-0.25, -0.2) is 0 Å². The molecule has 1 aliphatic heterocycles. The van der Waals surface area contributed by atoms with E-state index in [-0.39, 0.29) is 30.3 Å². The first kappa shape index (κ1) is 18.9. The Morgan fingerprint density at radius 3 is 2.36 bits per heavy atom. The predicted molar refractivity (Wildman–Crippen MR) is 93.4 cm³/mol. The van der Waals surface area contributed by atoms with Gasteiger partial charge in [0.1, 0.15) is 0 Å². The van der Waals surface area contributed by atoms with Crippen molar-refractivity contribution in [1.29, 1.82) is 0 Å². The molecule has 124 valence electrons. The molecular weight excluding hydrogens is 298 g/mol. The maximum Gasteiger partial charge on any atom is 0.229 e. The number of piperidine rings is 1. The fourth-order valence-electron chi connectivity index (χ4n) is 2.94. The highest BCUT2D eigenvalue weighted by molar-refractivity contribution is 5.85. The summed E-state index contributed by atoms with van der Waals surface area (Å²) in [6.45, 7) is 6.90. The minimum Gasteiger partial charge on any atom is -0.353 e. The van der Waals surface area contributed by atoms with E-state index in [0.29, 0.717) is 12.6 Å². The molecule has 1 amide bonds. The van der Waals surface area contributed by atoms with E-state index in [9.17, 15) is 4.79 Å². The van der Waals surface area contributed by atoms with Crippen molar-refractivity contribution >= 4 is 18.3 Å². The van der Waals surface area contributed by atoms with Crippen LogP contribution in [-0.4, -0.2) is 42.5 Å². The van der Waals surface area contributed by atoms with E-state index in [4.69, 9.17) is 5.73 Å². The van der Waals surface area contributed by atoms with Gasteiger partial charge >= 0.3 is 0 Å². The molecule has 1 atom stereocenters. The Labute approximate surface area is 139 Å². The first-order chi connectivity index (χ1) is 10.1. The highest BCUT2D eigenvalue weighted by Crippen LogP contribution is 2.17. The third-order valence-electron chi connectivity index (χ3n) is 4.36. The summed E-state index contributed by atoms with van der Waals surface area (Å²) in [6.07, 6.45) is 2.05.